The molecule has 8 nitrogen and oxygen atoms in total. The fourth-order valence-electron chi connectivity index (χ4n) is 1.69. The molecule has 1 rings (SSSR count). The summed E-state index contributed by atoms with van der Waals surface area (Å²) in [5.41, 5.74) is 0.951. The SMILES string of the molecule is C[N+](C)(C)CC(O)CC(=O)OCc1ccccc1.O=S(=O)([O-])[O-]. The second-order valence-electron chi connectivity index (χ2n) is 5.89. The van der Waals surface area contributed by atoms with Gasteiger partial charge in [0.15, 0.2) is 0 Å². The van der Waals surface area contributed by atoms with Gasteiger partial charge in [-0.05, 0) is 5.56 Å². The number of quaternary nitrogens is 1. The first-order valence-electron chi connectivity index (χ1n) is 6.71. The molecule has 1 aromatic rings. The summed E-state index contributed by atoms with van der Waals surface area (Å²) in [5.74, 6) is -0.361. The van der Waals surface area contributed by atoms with Crippen molar-refractivity contribution in [2.75, 3.05) is 27.7 Å². The predicted octanol–water partition coefficient (Wildman–Crippen LogP) is -0.151. The average Bonchev–Trinajstić information content (AvgIpc) is 2.33. The van der Waals surface area contributed by atoms with Crippen molar-refractivity contribution in [3.8, 4) is 0 Å². The first kappa shape index (κ1) is 21.5. The summed E-state index contributed by atoms with van der Waals surface area (Å²) >= 11 is 0. The minimum absolute atomic E-state index is 0.0440. The summed E-state index contributed by atoms with van der Waals surface area (Å²) < 4.78 is 39.8. The van der Waals surface area contributed by atoms with Crippen molar-refractivity contribution in [1.29, 1.82) is 0 Å². The zero-order valence-corrected chi connectivity index (χ0v) is 14.2. The van der Waals surface area contributed by atoms with Crippen molar-refractivity contribution >= 4 is 16.4 Å². The second-order valence-corrected chi connectivity index (χ2v) is 6.70. The topological polar surface area (TPSA) is 127 Å². The molecule has 0 saturated carbocycles. The van der Waals surface area contributed by atoms with E-state index in [1.807, 2.05) is 51.5 Å². The van der Waals surface area contributed by atoms with E-state index in [0.717, 1.165) is 5.56 Å². The van der Waals surface area contributed by atoms with Gasteiger partial charge < -0.3 is 23.4 Å². The summed E-state index contributed by atoms with van der Waals surface area (Å²) in [7, 11) is 0.746. The predicted molar refractivity (Wildman–Crippen MR) is 80.2 cm³/mol. The number of aliphatic hydroxyl groups excluding tert-OH is 1. The van der Waals surface area contributed by atoms with Crippen LogP contribution in [0.5, 0.6) is 0 Å². The lowest BCUT2D eigenvalue weighted by molar-refractivity contribution is -0.873. The zero-order valence-electron chi connectivity index (χ0n) is 13.3. The van der Waals surface area contributed by atoms with Gasteiger partial charge in [-0.2, -0.15) is 0 Å². The van der Waals surface area contributed by atoms with E-state index in [1.165, 1.54) is 0 Å². The highest BCUT2D eigenvalue weighted by molar-refractivity contribution is 7.79. The summed E-state index contributed by atoms with van der Waals surface area (Å²) in [6.45, 7) is 0.789. The van der Waals surface area contributed by atoms with Crippen LogP contribution in [0.25, 0.3) is 0 Å². The minimum atomic E-state index is -5.17. The van der Waals surface area contributed by atoms with E-state index in [-0.39, 0.29) is 19.0 Å². The Balaban J connectivity index is 0.000000841. The number of hydrogen-bond donors (Lipinski definition) is 1. The third-order valence-electron chi connectivity index (χ3n) is 2.40. The molecule has 0 aliphatic rings. The first-order valence-corrected chi connectivity index (χ1v) is 8.05. The molecule has 23 heavy (non-hydrogen) atoms. The maximum atomic E-state index is 11.5. The normalized spacial score (nSPS) is 12.8. The van der Waals surface area contributed by atoms with Crippen molar-refractivity contribution < 1.29 is 36.6 Å². The fraction of sp³-hybridized carbons (Fsp3) is 0.500. The molecule has 0 aromatic heterocycles. The van der Waals surface area contributed by atoms with Crippen LogP contribution in [0.15, 0.2) is 30.3 Å². The van der Waals surface area contributed by atoms with E-state index >= 15 is 0 Å². The van der Waals surface area contributed by atoms with Gasteiger partial charge in [-0.3, -0.25) is 13.2 Å². The number of rotatable bonds is 6. The molecule has 1 atom stereocenters. The molecule has 1 aromatic carbocycles. The summed E-state index contributed by atoms with van der Waals surface area (Å²) in [5, 5.41) is 9.74. The molecule has 0 aliphatic heterocycles. The lowest BCUT2D eigenvalue weighted by Gasteiger charge is -2.26. The summed E-state index contributed by atoms with van der Waals surface area (Å²) in [6, 6.07) is 9.51. The molecular formula is C14H22NO7S-. The number of nitrogens with zero attached hydrogens (tertiary/aromatic N) is 1. The summed E-state index contributed by atoms with van der Waals surface area (Å²) in [4.78, 5) is 11.5. The van der Waals surface area contributed by atoms with Crippen LogP contribution >= 0.6 is 0 Å². The molecule has 1 unspecified atom stereocenters. The molecule has 9 heteroatoms. The fourth-order valence-corrected chi connectivity index (χ4v) is 1.69. The molecule has 0 spiro atoms. The van der Waals surface area contributed by atoms with E-state index in [0.29, 0.717) is 11.0 Å². The lowest BCUT2D eigenvalue weighted by Crippen LogP contribution is -2.42. The van der Waals surface area contributed by atoms with Gasteiger partial charge in [0, 0.05) is 10.4 Å². The van der Waals surface area contributed by atoms with E-state index in [1.54, 1.807) is 0 Å². The number of benzene rings is 1. The Hall–Kier alpha value is -1.52. The molecule has 0 aliphatic carbocycles. The number of hydrogen-bond acceptors (Lipinski definition) is 7. The van der Waals surface area contributed by atoms with Crippen LogP contribution in [0, 0.1) is 0 Å². The lowest BCUT2D eigenvalue weighted by atomic mass is 10.2. The minimum Gasteiger partial charge on any atom is -0.759 e. The number of aliphatic hydroxyl groups is 1. The molecule has 0 fully saturated rings. The zero-order chi connectivity index (χ0) is 18.1. The third kappa shape index (κ3) is 16.7. The van der Waals surface area contributed by atoms with Gasteiger partial charge in [-0.15, -0.1) is 0 Å². The quantitative estimate of drug-likeness (QED) is 0.328. The van der Waals surface area contributed by atoms with Crippen LogP contribution in [-0.2, 0) is 26.5 Å². The highest BCUT2D eigenvalue weighted by atomic mass is 32.3. The first-order chi connectivity index (χ1) is 10.4. The molecule has 132 valence electrons. The monoisotopic (exact) mass is 348 g/mol. The highest BCUT2D eigenvalue weighted by Crippen LogP contribution is 2.04. The van der Waals surface area contributed by atoms with Crippen molar-refractivity contribution in [3.63, 3.8) is 0 Å². The van der Waals surface area contributed by atoms with E-state index in [4.69, 9.17) is 22.3 Å². The maximum Gasteiger partial charge on any atom is 0.308 e. The van der Waals surface area contributed by atoms with Crippen molar-refractivity contribution in [2.24, 2.45) is 0 Å². The molecule has 0 heterocycles. The number of carbonyl (C=O) groups excluding carboxylic acids is 1. The van der Waals surface area contributed by atoms with Crippen LogP contribution in [0.3, 0.4) is 0 Å². The maximum absolute atomic E-state index is 11.5. The Labute approximate surface area is 136 Å². The van der Waals surface area contributed by atoms with Gasteiger partial charge in [-0.1, -0.05) is 30.3 Å². The Morgan fingerprint density at radius 2 is 1.70 bits per heavy atom. The Morgan fingerprint density at radius 3 is 2.13 bits per heavy atom. The van der Waals surface area contributed by atoms with Crippen LogP contribution in [0.4, 0.5) is 0 Å². The molecular weight excluding hydrogens is 326 g/mol. The standard InChI is InChI=1S/C14H22NO3.H2O4S/c1-15(2,3)10-13(16)9-14(17)18-11-12-7-5-4-6-8-12;1-5(2,3)4/h4-8,13,16H,9-11H2,1-3H3;(H2,1,2,3,4)/q+1;/p-2. The van der Waals surface area contributed by atoms with Crippen LogP contribution in [0.1, 0.15) is 12.0 Å². The third-order valence-corrected chi connectivity index (χ3v) is 2.40. The number of esters is 1. The Morgan fingerprint density at radius 1 is 1.22 bits per heavy atom. The van der Waals surface area contributed by atoms with Crippen LogP contribution in [0.2, 0.25) is 0 Å². The average molecular weight is 348 g/mol. The smallest absolute Gasteiger partial charge is 0.308 e. The second kappa shape index (κ2) is 9.58. The summed E-state index contributed by atoms with van der Waals surface area (Å²) in [6.07, 6.45) is -0.615. The van der Waals surface area contributed by atoms with Gasteiger partial charge in [0.25, 0.3) is 0 Å². The molecule has 0 saturated heterocycles. The van der Waals surface area contributed by atoms with Gasteiger partial charge in [0.2, 0.25) is 0 Å². The van der Waals surface area contributed by atoms with Gasteiger partial charge in [-0.25, -0.2) is 0 Å². The van der Waals surface area contributed by atoms with Crippen molar-refractivity contribution in [1.82, 2.24) is 0 Å². The number of ether oxygens (including phenoxy) is 1. The number of carbonyl (C=O) groups is 1. The molecule has 0 amide bonds. The molecule has 1 N–H and O–H groups in total. The van der Waals surface area contributed by atoms with Gasteiger partial charge >= 0.3 is 5.97 Å². The van der Waals surface area contributed by atoms with E-state index < -0.39 is 16.5 Å². The highest BCUT2D eigenvalue weighted by Gasteiger charge is 2.19. The van der Waals surface area contributed by atoms with E-state index in [9.17, 15) is 9.90 Å². The van der Waals surface area contributed by atoms with Crippen molar-refractivity contribution in [3.05, 3.63) is 35.9 Å². The molecule has 0 bridgehead atoms. The van der Waals surface area contributed by atoms with Crippen LogP contribution < -0.4 is 0 Å². The molecule has 0 radical (unpaired) electrons. The van der Waals surface area contributed by atoms with Gasteiger partial charge in [0.05, 0.1) is 27.6 Å². The largest absolute Gasteiger partial charge is 0.759 e. The van der Waals surface area contributed by atoms with Gasteiger partial charge in [0.1, 0.15) is 19.3 Å². The Bertz CT molecular complexity index is 559. The van der Waals surface area contributed by atoms with Crippen LogP contribution in [-0.4, -0.2) is 66.9 Å². The Kier molecular flexibility index (Phi) is 8.95. The van der Waals surface area contributed by atoms with Crippen molar-refractivity contribution in [2.45, 2.75) is 19.1 Å². The number of likely N-dealkylation sites (N-methyl/N-ethyl adjacent to an activating group) is 1. The van der Waals surface area contributed by atoms with E-state index in [2.05, 4.69) is 0 Å².